The van der Waals surface area contributed by atoms with Gasteiger partial charge >= 0.3 is 12.1 Å². The fourth-order valence-corrected chi connectivity index (χ4v) is 4.21. The number of nitrogens with zero attached hydrogens (tertiary/aromatic N) is 2. The van der Waals surface area contributed by atoms with Gasteiger partial charge < -0.3 is 30.6 Å². The molecule has 43 heavy (non-hydrogen) atoms. The van der Waals surface area contributed by atoms with E-state index in [4.69, 9.17) is 19.9 Å². The van der Waals surface area contributed by atoms with Crippen LogP contribution in [0.1, 0.15) is 32.0 Å². The van der Waals surface area contributed by atoms with E-state index in [9.17, 15) is 22.8 Å². The van der Waals surface area contributed by atoms with Gasteiger partial charge in [-0.25, -0.2) is 9.78 Å². The number of amides is 1. The first-order valence-corrected chi connectivity index (χ1v) is 13.3. The van der Waals surface area contributed by atoms with E-state index in [1.807, 2.05) is 0 Å². The summed E-state index contributed by atoms with van der Waals surface area (Å²) >= 11 is 0. The van der Waals surface area contributed by atoms with Gasteiger partial charge in [0.05, 0.1) is 24.9 Å². The summed E-state index contributed by atoms with van der Waals surface area (Å²) in [6.45, 7) is 5.27. The zero-order chi connectivity index (χ0) is 31.2. The maximum Gasteiger partial charge on any atom is 0.491 e. The zero-order valence-corrected chi connectivity index (χ0v) is 23.6. The van der Waals surface area contributed by atoms with Crippen LogP contribution < -0.4 is 25.8 Å². The summed E-state index contributed by atoms with van der Waals surface area (Å²) in [6, 6.07) is 15.2. The molecule has 2 aromatic heterocycles. The monoisotopic (exact) mass is 597 g/mol. The number of nitrogens with one attached hydrogen (secondary N) is 2. The second-order valence-corrected chi connectivity index (χ2v) is 9.59. The van der Waals surface area contributed by atoms with E-state index in [0.717, 1.165) is 0 Å². The summed E-state index contributed by atoms with van der Waals surface area (Å²) in [5.41, 5.74) is 3.60. The number of alkyl halides is 3. The van der Waals surface area contributed by atoms with Gasteiger partial charge in [-0.2, -0.15) is 13.2 Å². The van der Waals surface area contributed by atoms with E-state index in [0.29, 0.717) is 16.5 Å². The molecule has 0 spiro atoms. The smallest absolute Gasteiger partial charge is 0.490 e. The summed E-state index contributed by atoms with van der Waals surface area (Å²) < 4.78 is 57.7. The number of halogens is 3. The molecule has 4 rings (SSSR count). The second-order valence-electron chi connectivity index (χ2n) is 9.59. The largest absolute Gasteiger partial charge is 0.491 e. The Hall–Kier alpha value is -5.07. The van der Waals surface area contributed by atoms with Crippen molar-refractivity contribution in [2.75, 3.05) is 17.7 Å². The quantitative estimate of drug-likeness (QED) is 0.160. The van der Waals surface area contributed by atoms with Crippen LogP contribution in [-0.4, -0.2) is 40.7 Å². The Bertz CT molecular complexity index is 1600. The number of carbonyl (C=O) groups excluding carboxylic acids is 2. The molecule has 0 bridgehead atoms. The Kier molecular flexibility index (Phi) is 9.22. The molecule has 1 atom stereocenters. The van der Waals surface area contributed by atoms with Crippen molar-refractivity contribution in [3.8, 4) is 11.5 Å². The lowest BCUT2D eigenvalue weighted by atomic mass is 9.99. The van der Waals surface area contributed by atoms with Crippen LogP contribution in [-0.2, 0) is 26.6 Å². The predicted molar refractivity (Wildman–Crippen MR) is 153 cm³/mol. The normalized spacial score (nSPS) is 12.8. The minimum Gasteiger partial charge on any atom is -0.490 e. The van der Waals surface area contributed by atoms with E-state index >= 15 is 0 Å². The molecule has 0 aliphatic carbocycles. The van der Waals surface area contributed by atoms with Gasteiger partial charge in [0, 0.05) is 29.0 Å². The highest BCUT2D eigenvalue weighted by Gasteiger charge is 2.52. The predicted octanol–water partition coefficient (Wildman–Crippen LogP) is 5.08. The molecule has 2 heterocycles. The van der Waals surface area contributed by atoms with Crippen molar-refractivity contribution in [1.29, 1.82) is 0 Å². The molecule has 1 amide bonds. The van der Waals surface area contributed by atoms with Gasteiger partial charge in [-0.3, -0.25) is 9.78 Å². The Morgan fingerprint density at radius 1 is 0.977 bits per heavy atom. The molecule has 0 saturated carbocycles. The second kappa shape index (κ2) is 12.8. The fraction of sp³-hybridized carbons (Fsp3) is 0.267. The first kappa shape index (κ1) is 30.9. The summed E-state index contributed by atoms with van der Waals surface area (Å²) in [5.74, 6) is -3.07. The molecule has 4 aromatic rings. The van der Waals surface area contributed by atoms with Crippen molar-refractivity contribution >= 4 is 34.2 Å². The Morgan fingerprint density at radius 2 is 1.77 bits per heavy atom. The maximum atomic E-state index is 14.0. The number of anilines is 2. The highest BCUT2D eigenvalue weighted by Crippen LogP contribution is 2.38. The Labute approximate surface area is 245 Å². The number of hydrogen-bond acceptors (Lipinski definition) is 9. The lowest BCUT2D eigenvalue weighted by Gasteiger charge is -2.34. The molecular weight excluding hydrogens is 567 g/mol. The topological polar surface area (TPSA) is 138 Å². The zero-order valence-electron chi connectivity index (χ0n) is 23.6. The number of rotatable bonds is 11. The van der Waals surface area contributed by atoms with Gasteiger partial charge in [-0.1, -0.05) is 6.07 Å². The number of hydrogen-bond donors (Lipinski definition) is 3. The van der Waals surface area contributed by atoms with Crippen LogP contribution in [0.4, 0.5) is 24.7 Å². The van der Waals surface area contributed by atoms with Gasteiger partial charge in [-0.15, -0.1) is 0 Å². The van der Waals surface area contributed by atoms with Crippen LogP contribution in [0.25, 0.3) is 10.8 Å². The third kappa shape index (κ3) is 7.23. The molecule has 13 heteroatoms. The molecular formula is C30H30F3N5O5. The molecule has 10 nitrogen and oxygen atoms in total. The molecule has 0 saturated heterocycles. The number of pyridine rings is 2. The third-order valence-corrected chi connectivity index (χ3v) is 6.08. The van der Waals surface area contributed by atoms with Gasteiger partial charge in [0.1, 0.15) is 5.82 Å². The molecule has 4 N–H and O–H groups in total. The van der Waals surface area contributed by atoms with Crippen LogP contribution in [0.5, 0.6) is 11.5 Å². The summed E-state index contributed by atoms with van der Waals surface area (Å²) in [4.78, 5) is 34.6. The average Bonchev–Trinajstić information content (AvgIpc) is 2.96. The van der Waals surface area contributed by atoms with E-state index in [1.165, 1.54) is 42.7 Å². The summed E-state index contributed by atoms with van der Waals surface area (Å²) in [5, 5.41) is 6.44. The van der Waals surface area contributed by atoms with Gasteiger partial charge in [0.15, 0.2) is 11.5 Å². The summed E-state index contributed by atoms with van der Waals surface area (Å²) in [6.07, 6.45) is -2.74. The van der Waals surface area contributed by atoms with Crippen LogP contribution in [0.3, 0.4) is 0 Å². The molecule has 1 unspecified atom stereocenters. The first-order valence-electron chi connectivity index (χ1n) is 13.3. The van der Waals surface area contributed by atoms with Crippen LogP contribution >= 0.6 is 0 Å². The first-order chi connectivity index (χ1) is 20.4. The number of aromatic nitrogens is 2. The molecule has 0 fully saturated rings. The number of nitrogen functional groups attached to an aromatic ring is 1. The van der Waals surface area contributed by atoms with Crippen molar-refractivity contribution < 1.29 is 37.0 Å². The van der Waals surface area contributed by atoms with Crippen molar-refractivity contribution in [3.05, 3.63) is 84.3 Å². The van der Waals surface area contributed by atoms with E-state index in [1.54, 1.807) is 51.1 Å². The summed E-state index contributed by atoms with van der Waals surface area (Å²) in [7, 11) is 0. The number of fused-ring (bicyclic) bond motifs is 1. The van der Waals surface area contributed by atoms with E-state index in [-0.39, 0.29) is 47.8 Å². The van der Waals surface area contributed by atoms with Crippen molar-refractivity contribution in [2.45, 2.75) is 45.3 Å². The van der Waals surface area contributed by atoms with E-state index in [2.05, 4.69) is 20.6 Å². The van der Waals surface area contributed by atoms with Crippen molar-refractivity contribution in [2.24, 2.45) is 0 Å². The van der Waals surface area contributed by atoms with Gasteiger partial charge in [0.2, 0.25) is 0 Å². The van der Waals surface area contributed by atoms with Gasteiger partial charge in [-0.05, 0) is 80.8 Å². The number of nitrogens with two attached hydrogens (primary N) is 1. The highest BCUT2D eigenvalue weighted by molar-refractivity contribution is 5.95. The third-order valence-electron chi connectivity index (χ3n) is 6.08. The number of ether oxygens (including phenoxy) is 3. The minimum atomic E-state index is -5.43. The van der Waals surface area contributed by atoms with Crippen LogP contribution in [0, 0.1) is 0 Å². The number of carbonyl (C=O) groups is 2. The van der Waals surface area contributed by atoms with Crippen molar-refractivity contribution in [1.82, 2.24) is 15.3 Å². The minimum absolute atomic E-state index is 0.123. The standard InChI is InChI=1S/C30H30F3N5O5/c1-4-41-25-16-20(8-11-24(25)42-18(2)3)29(43-28(40)30(31,32)33,27(39)37-17-22-7-5-6-13-35-22)38-21-9-10-23-19(15-21)12-14-36-26(23)34/h5-16,18,38H,4,17H2,1-3H3,(H2,34,36)(H,37,39). The lowest BCUT2D eigenvalue weighted by molar-refractivity contribution is -0.213. The average molecular weight is 598 g/mol. The molecule has 226 valence electrons. The SMILES string of the molecule is CCOc1cc(C(Nc2ccc3c(N)nccc3c2)(OC(=O)C(F)(F)F)C(=O)NCc2ccccn2)ccc1OC(C)C. The number of benzene rings is 2. The molecule has 0 radical (unpaired) electrons. The fourth-order valence-electron chi connectivity index (χ4n) is 4.21. The molecule has 0 aliphatic heterocycles. The highest BCUT2D eigenvalue weighted by atomic mass is 19.4. The van der Waals surface area contributed by atoms with Gasteiger partial charge in [0.25, 0.3) is 11.6 Å². The Balaban J connectivity index is 1.90. The molecule has 2 aromatic carbocycles. The van der Waals surface area contributed by atoms with Crippen LogP contribution in [0.2, 0.25) is 0 Å². The Morgan fingerprint density at radius 3 is 2.44 bits per heavy atom. The maximum absolute atomic E-state index is 14.0. The van der Waals surface area contributed by atoms with E-state index < -0.39 is 23.8 Å². The van der Waals surface area contributed by atoms with Crippen molar-refractivity contribution in [3.63, 3.8) is 0 Å². The van der Waals surface area contributed by atoms with Crippen LogP contribution in [0.15, 0.2) is 73.1 Å². The lowest BCUT2D eigenvalue weighted by Crippen LogP contribution is -2.54. The molecule has 0 aliphatic rings. The number of esters is 1.